The number of dihydropyridines is 1. The van der Waals surface area contributed by atoms with E-state index in [0.29, 0.717) is 43.7 Å². The first-order chi connectivity index (χ1) is 21.8. The van der Waals surface area contributed by atoms with Crippen molar-refractivity contribution in [2.75, 3.05) is 23.0 Å². The molecule has 228 valence electrons. The molecule has 45 heavy (non-hydrogen) atoms. The number of carbonyl (C=O) groups is 3. The van der Waals surface area contributed by atoms with Crippen LogP contribution < -0.4 is 16.0 Å². The number of amides is 2. The number of ether oxygens (including phenoxy) is 1. The molecule has 1 aliphatic carbocycles. The maximum absolute atomic E-state index is 13.7. The normalized spacial score (nSPS) is 15.7. The lowest BCUT2D eigenvalue weighted by Crippen LogP contribution is -2.31. The van der Waals surface area contributed by atoms with Gasteiger partial charge in [0.15, 0.2) is 0 Å². The van der Waals surface area contributed by atoms with Crippen LogP contribution in [0.1, 0.15) is 64.5 Å². The molecule has 2 amide bonds. The van der Waals surface area contributed by atoms with Crippen LogP contribution in [0.3, 0.4) is 0 Å². The summed E-state index contributed by atoms with van der Waals surface area (Å²) in [5.74, 6) is -1.81. The number of carbonyl (C=O) groups excluding carboxylic acids is 3. The lowest BCUT2D eigenvalue weighted by molar-refractivity contribution is -0.114. The van der Waals surface area contributed by atoms with Crippen LogP contribution in [0.4, 0.5) is 10.7 Å². The Bertz CT molecular complexity index is 1780. The number of esters is 1. The molecule has 1 aromatic heterocycles. The van der Waals surface area contributed by atoms with E-state index in [9.17, 15) is 24.9 Å². The molecular weight excluding hydrogens is 607 g/mol. The van der Waals surface area contributed by atoms with Gasteiger partial charge in [-0.3, -0.25) is 9.59 Å². The molecule has 2 heterocycles. The van der Waals surface area contributed by atoms with Gasteiger partial charge < -0.3 is 20.7 Å². The summed E-state index contributed by atoms with van der Waals surface area (Å²) >= 11 is 2.65. The zero-order valence-electron chi connectivity index (χ0n) is 24.9. The second-order valence-electron chi connectivity index (χ2n) is 10.5. The average Bonchev–Trinajstić information content (AvgIpc) is 3.40. The minimum atomic E-state index is -0.684. The Morgan fingerprint density at radius 1 is 1.02 bits per heavy atom. The van der Waals surface area contributed by atoms with Gasteiger partial charge in [0, 0.05) is 21.8 Å². The van der Waals surface area contributed by atoms with Gasteiger partial charge in [-0.1, -0.05) is 42.1 Å². The van der Waals surface area contributed by atoms with Gasteiger partial charge in [0.25, 0.3) is 5.91 Å². The molecule has 0 bridgehead atoms. The van der Waals surface area contributed by atoms with Crippen LogP contribution in [0.5, 0.6) is 0 Å². The molecule has 5 rings (SSSR count). The molecule has 0 unspecified atom stereocenters. The van der Waals surface area contributed by atoms with Crippen LogP contribution in [-0.4, -0.2) is 30.1 Å². The number of allylic oxidation sites excluding steroid dienone is 2. The number of hydrogen-bond donors (Lipinski definition) is 3. The number of benzene rings is 2. The first-order valence-corrected chi connectivity index (χ1v) is 16.4. The number of fused-ring (bicyclic) bond motifs is 1. The van der Waals surface area contributed by atoms with E-state index in [-0.39, 0.29) is 18.3 Å². The molecule has 0 radical (unpaired) electrons. The molecule has 3 aromatic rings. The topological polar surface area (TPSA) is 144 Å². The van der Waals surface area contributed by atoms with Crippen molar-refractivity contribution in [2.24, 2.45) is 0 Å². The summed E-state index contributed by atoms with van der Waals surface area (Å²) in [5.41, 5.74) is 4.43. The maximum Gasteiger partial charge on any atom is 0.338 e. The van der Waals surface area contributed by atoms with Crippen LogP contribution in [0.15, 0.2) is 76.5 Å². The quantitative estimate of drug-likeness (QED) is 0.229. The Labute approximate surface area is 270 Å². The molecule has 3 N–H and O–H groups in total. The van der Waals surface area contributed by atoms with Crippen molar-refractivity contribution < 1.29 is 19.1 Å². The fourth-order valence-electron chi connectivity index (χ4n) is 5.48. The Balaban J connectivity index is 1.36. The van der Waals surface area contributed by atoms with Crippen molar-refractivity contribution in [3.8, 4) is 12.1 Å². The van der Waals surface area contributed by atoms with Crippen LogP contribution in [0.2, 0.25) is 0 Å². The monoisotopic (exact) mass is 637 g/mol. The number of nitrogens with zero attached hydrogens (tertiary/aromatic N) is 2. The van der Waals surface area contributed by atoms with Crippen molar-refractivity contribution >= 4 is 51.6 Å². The van der Waals surface area contributed by atoms with E-state index >= 15 is 0 Å². The zero-order valence-corrected chi connectivity index (χ0v) is 26.5. The molecule has 2 aliphatic rings. The molecule has 2 aromatic carbocycles. The van der Waals surface area contributed by atoms with Gasteiger partial charge in [-0.2, -0.15) is 10.5 Å². The maximum atomic E-state index is 13.7. The summed E-state index contributed by atoms with van der Waals surface area (Å²) in [6.45, 7) is 3.75. The highest BCUT2D eigenvalue weighted by Crippen LogP contribution is 2.41. The smallest absolute Gasteiger partial charge is 0.338 e. The standard InChI is InChI=1S/C34H31N5O4S2/c1-3-43-34(42)22-13-15-23(16-14-22)38-31(41)29-20(2)37-32(26(18-36)30(29)21-9-5-4-6-10-21)44-19-28(40)39-33-25(17-35)24-11-7-8-12-27(24)45-33/h4-6,9-10,13-16,30,37H,3,7-8,11-12,19H2,1-2H3,(H,38,41)(H,39,40)/t30-/m0/s1. The lowest BCUT2D eigenvalue weighted by atomic mass is 9.82. The van der Waals surface area contributed by atoms with Gasteiger partial charge in [0.05, 0.1) is 46.1 Å². The molecule has 0 saturated carbocycles. The van der Waals surface area contributed by atoms with E-state index in [1.165, 1.54) is 23.1 Å². The van der Waals surface area contributed by atoms with Crippen molar-refractivity contribution in [1.29, 1.82) is 10.5 Å². The van der Waals surface area contributed by atoms with E-state index in [4.69, 9.17) is 4.74 Å². The lowest BCUT2D eigenvalue weighted by Gasteiger charge is -2.30. The first kappa shape index (κ1) is 31.6. The molecule has 0 saturated heterocycles. The van der Waals surface area contributed by atoms with E-state index < -0.39 is 17.8 Å². The highest BCUT2D eigenvalue weighted by molar-refractivity contribution is 8.03. The minimum Gasteiger partial charge on any atom is -0.462 e. The second-order valence-corrected chi connectivity index (χ2v) is 12.6. The van der Waals surface area contributed by atoms with Crippen LogP contribution >= 0.6 is 23.1 Å². The third-order valence-corrected chi connectivity index (χ3v) is 9.79. The van der Waals surface area contributed by atoms with E-state index in [0.717, 1.165) is 41.7 Å². The molecular formula is C34H31N5O4S2. The predicted octanol–water partition coefficient (Wildman–Crippen LogP) is 6.38. The highest BCUT2D eigenvalue weighted by atomic mass is 32.2. The Hall–Kier alpha value is -4.84. The van der Waals surface area contributed by atoms with Gasteiger partial charge >= 0.3 is 5.97 Å². The Morgan fingerprint density at radius 3 is 2.44 bits per heavy atom. The minimum absolute atomic E-state index is 0.00405. The van der Waals surface area contributed by atoms with Gasteiger partial charge in [-0.05, 0) is 74.9 Å². The summed E-state index contributed by atoms with van der Waals surface area (Å²) in [7, 11) is 0. The van der Waals surface area contributed by atoms with Crippen molar-refractivity contribution in [3.05, 3.63) is 104 Å². The molecule has 9 nitrogen and oxygen atoms in total. The summed E-state index contributed by atoms with van der Waals surface area (Å²) in [5, 5.41) is 30.2. The first-order valence-electron chi connectivity index (χ1n) is 14.6. The largest absolute Gasteiger partial charge is 0.462 e. The van der Waals surface area contributed by atoms with Crippen molar-refractivity contribution in [2.45, 2.75) is 45.4 Å². The number of hydrogen-bond acceptors (Lipinski definition) is 9. The highest BCUT2D eigenvalue weighted by Gasteiger charge is 2.35. The SMILES string of the molecule is CCOC(=O)c1ccc(NC(=O)C2=C(C)NC(SCC(=O)Nc3sc4c(c3C#N)CCCC4)=C(C#N)[C@@H]2c2ccccc2)cc1. The average molecular weight is 638 g/mol. The number of aryl methyl sites for hydroxylation is 1. The summed E-state index contributed by atoms with van der Waals surface area (Å²) in [6, 6.07) is 20.2. The number of rotatable bonds is 9. The van der Waals surface area contributed by atoms with Crippen LogP contribution in [0.25, 0.3) is 0 Å². The zero-order chi connectivity index (χ0) is 31.9. The van der Waals surface area contributed by atoms with Crippen LogP contribution in [-0.2, 0) is 27.2 Å². The summed E-state index contributed by atoms with van der Waals surface area (Å²) in [4.78, 5) is 40.0. The molecule has 1 atom stereocenters. The second kappa shape index (κ2) is 14.3. The number of nitriles is 2. The van der Waals surface area contributed by atoms with Gasteiger partial charge in [0.2, 0.25) is 5.91 Å². The van der Waals surface area contributed by atoms with Gasteiger partial charge in [-0.25, -0.2) is 4.79 Å². The molecule has 0 spiro atoms. The van der Waals surface area contributed by atoms with Gasteiger partial charge in [-0.15, -0.1) is 11.3 Å². The third kappa shape index (κ3) is 6.96. The Kier molecular flexibility index (Phi) is 10.0. The van der Waals surface area contributed by atoms with Crippen molar-refractivity contribution in [3.63, 3.8) is 0 Å². The molecule has 0 fully saturated rings. The predicted molar refractivity (Wildman–Crippen MR) is 175 cm³/mol. The van der Waals surface area contributed by atoms with E-state index in [1.54, 1.807) is 38.1 Å². The van der Waals surface area contributed by atoms with Crippen molar-refractivity contribution in [1.82, 2.24) is 5.32 Å². The van der Waals surface area contributed by atoms with Crippen LogP contribution in [0, 0.1) is 22.7 Å². The van der Waals surface area contributed by atoms with E-state index in [1.807, 2.05) is 30.3 Å². The third-order valence-electron chi connectivity index (χ3n) is 7.56. The van der Waals surface area contributed by atoms with Gasteiger partial charge in [0.1, 0.15) is 11.1 Å². The number of anilines is 2. The van der Waals surface area contributed by atoms with E-state index in [2.05, 4.69) is 28.1 Å². The fourth-order valence-corrected chi connectivity index (χ4v) is 7.63. The Morgan fingerprint density at radius 2 is 1.76 bits per heavy atom. The number of nitrogens with one attached hydrogen (secondary N) is 3. The fraction of sp³-hybridized carbons (Fsp3) is 0.265. The molecule has 1 aliphatic heterocycles. The number of thioether (sulfide) groups is 1. The molecule has 11 heteroatoms. The summed E-state index contributed by atoms with van der Waals surface area (Å²) in [6.07, 6.45) is 3.89. The number of thiophene rings is 1. The summed E-state index contributed by atoms with van der Waals surface area (Å²) < 4.78 is 5.03.